The second kappa shape index (κ2) is 7.90. The predicted molar refractivity (Wildman–Crippen MR) is 80.2 cm³/mol. The van der Waals surface area contributed by atoms with E-state index < -0.39 is 6.04 Å². The summed E-state index contributed by atoms with van der Waals surface area (Å²) in [6.07, 6.45) is 0.491. The van der Waals surface area contributed by atoms with E-state index in [4.69, 9.17) is 11.0 Å². The minimum atomic E-state index is -0.674. The maximum atomic E-state index is 12.2. The van der Waals surface area contributed by atoms with Crippen LogP contribution in [0, 0.1) is 17.2 Å². The van der Waals surface area contributed by atoms with Crippen molar-refractivity contribution in [1.82, 2.24) is 10.6 Å². The molecule has 0 radical (unpaired) electrons. The van der Waals surface area contributed by atoms with Crippen LogP contribution in [0.5, 0.6) is 0 Å². The van der Waals surface area contributed by atoms with Crippen molar-refractivity contribution in [1.29, 1.82) is 5.26 Å². The van der Waals surface area contributed by atoms with E-state index in [1.807, 2.05) is 19.9 Å². The average molecular weight is 288 g/mol. The Morgan fingerprint density at radius 1 is 1.38 bits per heavy atom. The Bertz CT molecular complexity index is 549. The topological polar surface area (TPSA) is 108 Å². The van der Waals surface area contributed by atoms with E-state index in [9.17, 15) is 9.59 Å². The minimum absolute atomic E-state index is 0.0818. The van der Waals surface area contributed by atoms with Gasteiger partial charge in [0.1, 0.15) is 12.6 Å². The Labute approximate surface area is 124 Å². The van der Waals surface area contributed by atoms with Gasteiger partial charge in [-0.3, -0.25) is 9.59 Å². The third kappa shape index (κ3) is 5.53. The summed E-state index contributed by atoms with van der Waals surface area (Å²) in [5.74, 6) is -0.494. The molecule has 6 nitrogen and oxygen atoms in total. The molecule has 21 heavy (non-hydrogen) atoms. The molecule has 1 rings (SSSR count). The fourth-order valence-electron chi connectivity index (χ4n) is 1.87. The number of nitrogen functional groups attached to an aromatic ring is 1. The average Bonchev–Trinajstić information content (AvgIpc) is 2.43. The van der Waals surface area contributed by atoms with Gasteiger partial charge in [0.05, 0.1) is 6.07 Å². The summed E-state index contributed by atoms with van der Waals surface area (Å²) in [6, 6.07) is 7.71. The van der Waals surface area contributed by atoms with E-state index >= 15 is 0 Å². The van der Waals surface area contributed by atoms with Crippen LogP contribution >= 0.6 is 0 Å². The summed E-state index contributed by atoms with van der Waals surface area (Å²) in [6.45, 7) is 3.83. The van der Waals surface area contributed by atoms with E-state index in [-0.39, 0.29) is 24.3 Å². The highest BCUT2D eigenvalue weighted by Gasteiger charge is 2.22. The first-order valence-electron chi connectivity index (χ1n) is 6.75. The number of nitrogens with zero attached hydrogens (tertiary/aromatic N) is 1. The lowest BCUT2D eigenvalue weighted by atomic mass is 10.0. The van der Waals surface area contributed by atoms with Gasteiger partial charge in [0.2, 0.25) is 5.91 Å². The number of nitrogens with one attached hydrogen (secondary N) is 2. The number of anilines is 1. The van der Waals surface area contributed by atoms with Crippen LogP contribution in [0.2, 0.25) is 0 Å². The molecular weight excluding hydrogens is 268 g/mol. The summed E-state index contributed by atoms with van der Waals surface area (Å²) < 4.78 is 0. The minimum Gasteiger partial charge on any atom is -0.399 e. The third-order valence-electron chi connectivity index (χ3n) is 2.82. The molecule has 0 aliphatic carbocycles. The van der Waals surface area contributed by atoms with Crippen LogP contribution in [0.25, 0.3) is 0 Å². The molecule has 0 aliphatic heterocycles. The highest BCUT2D eigenvalue weighted by Crippen LogP contribution is 2.09. The quantitative estimate of drug-likeness (QED) is 0.537. The molecule has 0 heterocycles. The second-order valence-electron chi connectivity index (χ2n) is 5.16. The van der Waals surface area contributed by atoms with Crippen LogP contribution in [-0.4, -0.2) is 24.4 Å². The van der Waals surface area contributed by atoms with Gasteiger partial charge in [-0.1, -0.05) is 19.9 Å². The number of benzene rings is 1. The summed E-state index contributed by atoms with van der Waals surface area (Å²) >= 11 is 0. The molecule has 0 aromatic heterocycles. The van der Waals surface area contributed by atoms with Crippen molar-refractivity contribution in [3.05, 3.63) is 29.8 Å². The van der Waals surface area contributed by atoms with Gasteiger partial charge in [0, 0.05) is 11.3 Å². The smallest absolute Gasteiger partial charge is 0.252 e. The molecule has 6 heteroatoms. The Morgan fingerprint density at radius 2 is 2.10 bits per heavy atom. The maximum absolute atomic E-state index is 12.2. The number of nitriles is 1. The van der Waals surface area contributed by atoms with Crippen LogP contribution in [0.4, 0.5) is 5.69 Å². The van der Waals surface area contributed by atoms with Crippen molar-refractivity contribution in [2.24, 2.45) is 5.92 Å². The Morgan fingerprint density at radius 3 is 2.67 bits per heavy atom. The molecule has 1 atom stereocenters. The normalized spacial score (nSPS) is 11.5. The van der Waals surface area contributed by atoms with Gasteiger partial charge >= 0.3 is 0 Å². The summed E-state index contributed by atoms with van der Waals surface area (Å²) in [5.41, 5.74) is 6.52. The summed E-state index contributed by atoms with van der Waals surface area (Å²) in [4.78, 5) is 24.1. The Kier molecular flexibility index (Phi) is 6.21. The zero-order valence-corrected chi connectivity index (χ0v) is 12.2. The molecular formula is C15H20N4O2. The number of rotatable bonds is 6. The monoisotopic (exact) mass is 288 g/mol. The number of hydrogen-bond acceptors (Lipinski definition) is 4. The molecule has 1 aromatic carbocycles. The van der Waals surface area contributed by atoms with E-state index in [0.29, 0.717) is 17.7 Å². The largest absolute Gasteiger partial charge is 0.399 e. The lowest BCUT2D eigenvalue weighted by Crippen LogP contribution is -2.47. The van der Waals surface area contributed by atoms with Crippen molar-refractivity contribution < 1.29 is 9.59 Å². The number of carbonyl (C=O) groups excluding carboxylic acids is 2. The van der Waals surface area contributed by atoms with Gasteiger partial charge in [-0.2, -0.15) is 5.26 Å². The zero-order chi connectivity index (χ0) is 15.8. The molecule has 2 amide bonds. The van der Waals surface area contributed by atoms with Gasteiger partial charge in [0.25, 0.3) is 5.91 Å². The van der Waals surface area contributed by atoms with Crippen molar-refractivity contribution in [3.63, 3.8) is 0 Å². The van der Waals surface area contributed by atoms with Gasteiger partial charge < -0.3 is 16.4 Å². The maximum Gasteiger partial charge on any atom is 0.252 e. The Hall–Kier alpha value is -2.55. The highest BCUT2D eigenvalue weighted by atomic mass is 16.2. The standard InChI is InChI=1S/C15H20N4O2/c1-10(2)8-13(15(21)18-7-6-16)19-14(20)11-4-3-5-12(17)9-11/h3-5,9-10,13H,7-8,17H2,1-2H3,(H,18,21)(H,19,20). The zero-order valence-electron chi connectivity index (χ0n) is 12.2. The Balaban J connectivity index is 2.78. The first-order valence-corrected chi connectivity index (χ1v) is 6.75. The number of nitrogens with two attached hydrogens (primary N) is 1. The van der Waals surface area contributed by atoms with Gasteiger partial charge in [-0.25, -0.2) is 0 Å². The molecule has 0 fully saturated rings. The molecule has 0 bridgehead atoms. The lowest BCUT2D eigenvalue weighted by molar-refractivity contribution is -0.123. The highest BCUT2D eigenvalue weighted by molar-refractivity contribution is 5.98. The van der Waals surface area contributed by atoms with E-state index in [1.165, 1.54) is 0 Å². The predicted octanol–water partition coefficient (Wildman–Crippen LogP) is 1.05. The van der Waals surface area contributed by atoms with Gasteiger partial charge in [0.15, 0.2) is 0 Å². The molecule has 1 aromatic rings. The van der Waals surface area contributed by atoms with Crippen LogP contribution < -0.4 is 16.4 Å². The molecule has 112 valence electrons. The number of carbonyl (C=O) groups is 2. The van der Waals surface area contributed by atoms with Crippen LogP contribution in [0.15, 0.2) is 24.3 Å². The molecule has 1 unspecified atom stereocenters. The molecule has 0 saturated heterocycles. The van der Waals surface area contributed by atoms with Crippen molar-refractivity contribution in [2.75, 3.05) is 12.3 Å². The molecule has 0 saturated carbocycles. The van der Waals surface area contributed by atoms with Gasteiger partial charge in [-0.05, 0) is 30.5 Å². The summed E-state index contributed by atoms with van der Waals surface area (Å²) in [7, 11) is 0. The fourth-order valence-corrected chi connectivity index (χ4v) is 1.87. The fraction of sp³-hybridized carbons (Fsp3) is 0.400. The van der Waals surface area contributed by atoms with E-state index in [1.54, 1.807) is 24.3 Å². The number of amides is 2. The third-order valence-corrected chi connectivity index (χ3v) is 2.82. The molecule has 4 N–H and O–H groups in total. The second-order valence-corrected chi connectivity index (χ2v) is 5.16. The first kappa shape index (κ1) is 16.5. The van der Waals surface area contributed by atoms with Crippen molar-refractivity contribution in [2.45, 2.75) is 26.3 Å². The molecule has 0 spiro atoms. The SMILES string of the molecule is CC(C)CC(NC(=O)c1cccc(N)c1)C(=O)NCC#N. The van der Waals surface area contributed by atoms with E-state index in [0.717, 1.165) is 0 Å². The molecule has 0 aliphatic rings. The van der Waals surface area contributed by atoms with Crippen molar-refractivity contribution in [3.8, 4) is 6.07 Å². The van der Waals surface area contributed by atoms with Gasteiger partial charge in [-0.15, -0.1) is 0 Å². The van der Waals surface area contributed by atoms with Crippen molar-refractivity contribution >= 4 is 17.5 Å². The van der Waals surface area contributed by atoms with Crippen LogP contribution in [0.1, 0.15) is 30.6 Å². The summed E-state index contributed by atoms with van der Waals surface area (Å²) in [5, 5.41) is 13.7. The number of hydrogen-bond donors (Lipinski definition) is 3. The van der Waals surface area contributed by atoms with Crippen LogP contribution in [-0.2, 0) is 4.79 Å². The lowest BCUT2D eigenvalue weighted by Gasteiger charge is -2.19. The first-order chi connectivity index (χ1) is 9.93. The van der Waals surface area contributed by atoms with E-state index in [2.05, 4.69) is 10.6 Å². The van der Waals surface area contributed by atoms with Crippen LogP contribution in [0.3, 0.4) is 0 Å².